The van der Waals surface area contributed by atoms with Crippen LogP contribution in [0.5, 0.6) is 17.2 Å². The van der Waals surface area contributed by atoms with Gasteiger partial charge in [-0.2, -0.15) is 5.10 Å². The Hall–Kier alpha value is -3.02. The van der Waals surface area contributed by atoms with Crippen molar-refractivity contribution >= 4 is 12.1 Å². The number of hydrogen-bond donors (Lipinski definition) is 3. The maximum atomic E-state index is 11.9. The highest BCUT2D eigenvalue weighted by Gasteiger charge is 2.04. The second kappa shape index (κ2) is 7.12. The Kier molecular flexibility index (Phi) is 4.98. The molecule has 0 spiro atoms. The summed E-state index contributed by atoms with van der Waals surface area (Å²) in [7, 11) is 0. The lowest BCUT2D eigenvalue weighted by Gasteiger charge is -2.04. The molecule has 0 aromatic heterocycles. The predicted octanol–water partition coefficient (Wildman–Crippen LogP) is 2.26. The van der Waals surface area contributed by atoms with Crippen LogP contribution in [-0.2, 0) is 0 Å². The molecule has 3 N–H and O–H groups in total. The van der Waals surface area contributed by atoms with Crippen LogP contribution in [0.25, 0.3) is 0 Å². The molecular formula is C16H16N2O4. The van der Waals surface area contributed by atoms with Crippen LogP contribution in [0.4, 0.5) is 0 Å². The number of amides is 1. The van der Waals surface area contributed by atoms with Crippen LogP contribution in [-0.4, -0.2) is 28.9 Å². The molecule has 0 unspecified atom stereocenters. The molecule has 6 nitrogen and oxygen atoms in total. The minimum absolute atomic E-state index is 0.212. The molecule has 0 atom stereocenters. The van der Waals surface area contributed by atoms with Gasteiger partial charge in [-0.15, -0.1) is 0 Å². The summed E-state index contributed by atoms with van der Waals surface area (Å²) >= 11 is 0. The van der Waals surface area contributed by atoms with Crippen LogP contribution in [0, 0.1) is 0 Å². The third-order valence-corrected chi connectivity index (χ3v) is 2.81. The maximum Gasteiger partial charge on any atom is 0.271 e. The van der Waals surface area contributed by atoms with E-state index in [1.165, 1.54) is 18.3 Å². The molecule has 0 saturated heterocycles. The fourth-order valence-electron chi connectivity index (χ4n) is 1.72. The van der Waals surface area contributed by atoms with Gasteiger partial charge in [-0.3, -0.25) is 4.79 Å². The monoisotopic (exact) mass is 300 g/mol. The Bertz CT molecular complexity index is 681. The number of aromatic hydroxyl groups is 2. The second-order valence-corrected chi connectivity index (χ2v) is 4.40. The Morgan fingerprint density at radius 3 is 2.55 bits per heavy atom. The van der Waals surface area contributed by atoms with Crippen LogP contribution < -0.4 is 10.2 Å². The predicted molar refractivity (Wildman–Crippen MR) is 82.4 cm³/mol. The zero-order chi connectivity index (χ0) is 15.9. The average molecular weight is 300 g/mol. The Balaban J connectivity index is 1.96. The van der Waals surface area contributed by atoms with E-state index >= 15 is 0 Å². The molecule has 22 heavy (non-hydrogen) atoms. The topological polar surface area (TPSA) is 91.2 Å². The lowest BCUT2D eigenvalue weighted by Crippen LogP contribution is -2.17. The molecule has 1 amide bonds. The number of nitrogens with one attached hydrogen (secondary N) is 1. The minimum atomic E-state index is -0.359. The number of benzene rings is 2. The number of carbonyl (C=O) groups is 1. The van der Waals surface area contributed by atoms with Crippen molar-refractivity contribution in [3.63, 3.8) is 0 Å². The van der Waals surface area contributed by atoms with Gasteiger partial charge in [0.1, 0.15) is 5.75 Å². The quantitative estimate of drug-likeness (QED) is 0.449. The fourth-order valence-corrected chi connectivity index (χ4v) is 1.72. The number of ether oxygens (including phenoxy) is 1. The van der Waals surface area contributed by atoms with Gasteiger partial charge in [0.15, 0.2) is 11.5 Å². The van der Waals surface area contributed by atoms with Crippen LogP contribution in [0.3, 0.4) is 0 Å². The van der Waals surface area contributed by atoms with Gasteiger partial charge in [-0.05, 0) is 55.0 Å². The number of rotatable bonds is 5. The Labute approximate surface area is 127 Å². The summed E-state index contributed by atoms with van der Waals surface area (Å²) in [6.07, 6.45) is 1.37. The maximum absolute atomic E-state index is 11.9. The molecule has 0 aliphatic rings. The molecule has 0 bridgehead atoms. The van der Waals surface area contributed by atoms with Crippen molar-refractivity contribution in [2.45, 2.75) is 6.92 Å². The van der Waals surface area contributed by atoms with Crippen molar-refractivity contribution in [1.29, 1.82) is 0 Å². The van der Waals surface area contributed by atoms with Gasteiger partial charge in [0.2, 0.25) is 0 Å². The molecule has 0 saturated carbocycles. The normalized spacial score (nSPS) is 10.6. The molecule has 0 radical (unpaired) electrons. The van der Waals surface area contributed by atoms with Crippen molar-refractivity contribution in [3.05, 3.63) is 53.6 Å². The second-order valence-electron chi connectivity index (χ2n) is 4.40. The SMILES string of the molecule is CCOc1ccc(C(=O)N/N=C\c2ccc(O)c(O)c2)cc1. The van der Waals surface area contributed by atoms with Crippen molar-refractivity contribution in [2.24, 2.45) is 5.10 Å². The zero-order valence-corrected chi connectivity index (χ0v) is 12.0. The lowest BCUT2D eigenvalue weighted by molar-refractivity contribution is 0.0955. The first-order valence-electron chi connectivity index (χ1n) is 6.68. The number of hydrazone groups is 1. The average Bonchev–Trinajstić information content (AvgIpc) is 2.52. The van der Waals surface area contributed by atoms with Crippen LogP contribution in [0.2, 0.25) is 0 Å². The van der Waals surface area contributed by atoms with Gasteiger partial charge < -0.3 is 14.9 Å². The third kappa shape index (κ3) is 3.99. The summed E-state index contributed by atoms with van der Waals surface area (Å²) in [4.78, 5) is 11.9. The van der Waals surface area contributed by atoms with E-state index in [2.05, 4.69) is 10.5 Å². The van der Waals surface area contributed by atoms with E-state index in [4.69, 9.17) is 4.74 Å². The first-order valence-corrected chi connectivity index (χ1v) is 6.68. The van der Waals surface area contributed by atoms with Crippen molar-refractivity contribution in [1.82, 2.24) is 5.43 Å². The molecule has 0 aliphatic heterocycles. The number of hydrogen-bond acceptors (Lipinski definition) is 5. The van der Waals surface area contributed by atoms with Gasteiger partial charge in [-0.1, -0.05) is 0 Å². The van der Waals surface area contributed by atoms with Gasteiger partial charge in [0, 0.05) is 5.56 Å². The van der Waals surface area contributed by atoms with Gasteiger partial charge in [0.25, 0.3) is 5.91 Å². The highest BCUT2D eigenvalue weighted by Crippen LogP contribution is 2.23. The standard InChI is InChI=1S/C16H16N2O4/c1-2-22-13-6-4-12(5-7-13)16(21)18-17-10-11-3-8-14(19)15(20)9-11/h3-10,19-20H,2H2,1H3,(H,18,21)/b17-10-. The molecule has 0 fully saturated rings. The summed E-state index contributed by atoms with van der Waals surface area (Å²) < 4.78 is 5.29. The van der Waals surface area contributed by atoms with Gasteiger partial charge >= 0.3 is 0 Å². The molecule has 0 aliphatic carbocycles. The van der Waals surface area contributed by atoms with E-state index in [1.54, 1.807) is 30.3 Å². The summed E-state index contributed by atoms with van der Waals surface area (Å²) in [5, 5.41) is 22.3. The lowest BCUT2D eigenvalue weighted by atomic mass is 10.2. The van der Waals surface area contributed by atoms with Crippen molar-refractivity contribution in [2.75, 3.05) is 6.61 Å². The number of phenolic OH excluding ortho intramolecular Hbond substituents is 2. The van der Waals surface area contributed by atoms with Crippen LogP contribution >= 0.6 is 0 Å². The first-order chi connectivity index (χ1) is 10.6. The molecule has 6 heteroatoms. The number of carbonyl (C=O) groups excluding carboxylic acids is 1. The van der Waals surface area contributed by atoms with Crippen molar-refractivity contribution < 1.29 is 19.7 Å². The van der Waals surface area contributed by atoms with Crippen molar-refractivity contribution in [3.8, 4) is 17.2 Å². The molecular weight excluding hydrogens is 284 g/mol. The zero-order valence-electron chi connectivity index (χ0n) is 12.0. The van der Waals surface area contributed by atoms with Gasteiger partial charge in [-0.25, -0.2) is 5.43 Å². The van der Waals surface area contributed by atoms with E-state index in [0.717, 1.165) is 0 Å². The van der Waals surface area contributed by atoms with Gasteiger partial charge in [0.05, 0.1) is 12.8 Å². The van der Waals surface area contributed by atoms with E-state index in [9.17, 15) is 15.0 Å². The minimum Gasteiger partial charge on any atom is -0.504 e. The molecule has 2 aromatic carbocycles. The highest BCUT2D eigenvalue weighted by atomic mass is 16.5. The number of phenols is 2. The molecule has 2 aromatic rings. The van der Waals surface area contributed by atoms with E-state index in [0.29, 0.717) is 23.5 Å². The summed E-state index contributed by atoms with van der Waals surface area (Å²) in [6.45, 7) is 2.45. The molecule has 2 rings (SSSR count). The van der Waals surface area contributed by atoms with Crippen LogP contribution in [0.1, 0.15) is 22.8 Å². The Morgan fingerprint density at radius 1 is 1.18 bits per heavy atom. The number of nitrogens with zero attached hydrogens (tertiary/aromatic N) is 1. The van der Waals surface area contributed by atoms with E-state index in [-0.39, 0.29) is 17.4 Å². The van der Waals surface area contributed by atoms with E-state index < -0.39 is 0 Å². The Morgan fingerprint density at radius 2 is 1.91 bits per heavy atom. The summed E-state index contributed by atoms with van der Waals surface area (Å²) in [6, 6.07) is 10.9. The largest absolute Gasteiger partial charge is 0.504 e. The third-order valence-electron chi connectivity index (χ3n) is 2.81. The molecule has 114 valence electrons. The summed E-state index contributed by atoms with van der Waals surface area (Å²) in [5.41, 5.74) is 3.38. The smallest absolute Gasteiger partial charge is 0.271 e. The summed E-state index contributed by atoms with van der Waals surface area (Å²) in [5.74, 6) is -0.123. The molecule has 0 heterocycles. The fraction of sp³-hybridized carbons (Fsp3) is 0.125. The van der Waals surface area contributed by atoms with E-state index in [1.807, 2.05) is 6.92 Å². The highest BCUT2D eigenvalue weighted by molar-refractivity contribution is 5.95. The van der Waals surface area contributed by atoms with Crippen LogP contribution in [0.15, 0.2) is 47.6 Å². The first kappa shape index (κ1) is 15.4.